The van der Waals surface area contributed by atoms with E-state index in [4.69, 9.17) is 17.0 Å². The van der Waals surface area contributed by atoms with E-state index in [2.05, 4.69) is 68.7 Å². The van der Waals surface area contributed by atoms with Crippen LogP contribution >= 0.6 is 24.0 Å². The molecule has 188 valence electrons. The van der Waals surface area contributed by atoms with Gasteiger partial charge in [0.1, 0.15) is 12.4 Å². The van der Waals surface area contributed by atoms with Crippen LogP contribution in [0.4, 0.5) is 5.69 Å². The van der Waals surface area contributed by atoms with Crippen LogP contribution in [0, 0.1) is 34.6 Å². The highest BCUT2D eigenvalue weighted by Crippen LogP contribution is 2.38. The Balaban J connectivity index is 1.48. The first-order chi connectivity index (χ1) is 17.7. The van der Waals surface area contributed by atoms with Crippen LogP contribution in [0.1, 0.15) is 33.5 Å². The molecule has 3 aromatic carbocycles. The first-order valence-electron chi connectivity index (χ1n) is 12.4. The van der Waals surface area contributed by atoms with Crippen molar-refractivity contribution in [3.63, 3.8) is 0 Å². The van der Waals surface area contributed by atoms with Gasteiger partial charge in [-0.3, -0.25) is 9.69 Å². The highest BCUT2D eigenvalue weighted by molar-refractivity contribution is 8.27. The summed E-state index contributed by atoms with van der Waals surface area (Å²) in [6, 6.07) is 20.6. The van der Waals surface area contributed by atoms with Gasteiger partial charge in [0.05, 0.1) is 17.1 Å². The maximum Gasteiger partial charge on any atom is 0.270 e. The Morgan fingerprint density at radius 3 is 2.43 bits per heavy atom. The van der Waals surface area contributed by atoms with E-state index in [1.165, 1.54) is 22.9 Å². The number of benzene rings is 3. The third-order valence-corrected chi connectivity index (χ3v) is 8.07. The molecule has 1 aliphatic rings. The lowest BCUT2D eigenvalue weighted by molar-refractivity contribution is -0.113. The Morgan fingerprint density at radius 1 is 0.919 bits per heavy atom. The van der Waals surface area contributed by atoms with Crippen molar-refractivity contribution in [2.24, 2.45) is 0 Å². The molecule has 1 saturated heterocycles. The number of carbonyl (C=O) groups excluding carboxylic acids is 1. The van der Waals surface area contributed by atoms with Crippen molar-refractivity contribution in [1.82, 2.24) is 4.57 Å². The number of thioether (sulfide) groups is 1. The van der Waals surface area contributed by atoms with E-state index in [1.807, 2.05) is 37.3 Å². The minimum absolute atomic E-state index is 0.0770. The fourth-order valence-corrected chi connectivity index (χ4v) is 6.07. The highest BCUT2D eigenvalue weighted by Gasteiger charge is 2.33. The van der Waals surface area contributed by atoms with Gasteiger partial charge in [-0.15, -0.1) is 0 Å². The minimum Gasteiger partial charge on any atom is -0.491 e. The lowest BCUT2D eigenvalue weighted by atomic mass is 10.1. The van der Waals surface area contributed by atoms with Gasteiger partial charge in [0.15, 0.2) is 4.32 Å². The minimum atomic E-state index is -0.0770. The zero-order valence-electron chi connectivity index (χ0n) is 21.8. The number of fused-ring (bicyclic) bond motifs is 1. The molecule has 0 radical (unpaired) electrons. The third kappa shape index (κ3) is 4.96. The molecular weight excluding hydrogens is 496 g/mol. The molecule has 1 aliphatic heterocycles. The molecule has 0 unspecified atom stereocenters. The molecule has 6 heteroatoms. The molecule has 0 N–H and O–H groups in total. The lowest BCUT2D eigenvalue weighted by Crippen LogP contribution is -2.27. The van der Waals surface area contributed by atoms with Crippen LogP contribution in [0.15, 0.2) is 65.6 Å². The molecule has 37 heavy (non-hydrogen) atoms. The Morgan fingerprint density at radius 2 is 1.65 bits per heavy atom. The Kier molecular flexibility index (Phi) is 6.97. The first-order valence-corrected chi connectivity index (χ1v) is 13.6. The quantitative estimate of drug-likeness (QED) is 0.191. The van der Waals surface area contributed by atoms with Crippen LogP contribution in [0.5, 0.6) is 5.75 Å². The highest BCUT2D eigenvalue weighted by atomic mass is 32.2. The first kappa shape index (κ1) is 25.3. The standard InChI is InChI=1S/C31H30N2O2S2/c1-19-7-6-8-24(15-19)33-30(34)29(37-31(33)36)18-25-23(5)32(27-12-10-20(2)16-26(25)27)13-14-35-28-17-21(3)9-11-22(28)4/h6-12,15-18H,13-14H2,1-5H3. The number of ether oxygens (including phenoxy) is 1. The third-order valence-electron chi connectivity index (χ3n) is 6.77. The van der Waals surface area contributed by atoms with Crippen molar-refractivity contribution in [1.29, 1.82) is 0 Å². The molecule has 5 rings (SSSR count). The molecule has 0 aliphatic carbocycles. The van der Waals surface area contributed by atoms with Gasteiger partial charge >= 0.3 is 0 Å². The second-order valence-electron chi connectivity index (χ2n) is 9.64. The molecular formula is C31H30N2O2S2. The Labute approximate surface area is 227 Å². The number of anilines is 1. The molecule has 0 bridgehead atoms. The maximum absolute atomic E-state index is 13.5. The van der Waals surface area contributed by atoms with E-state index in [9.17, 15) is 4.79 Å². The zero-order valence-corrected chi connectivity index (χ0v) is 23.4. The summed E-state index contributed by atoms with van der Waals surface area (Å²) >= 11 is 6.98. The van der Waals surface area contributed by atoms with Crippen LogP contribution in [-0.2, 0) is 11.3 Å². The predicted octanol–water partition coefficient (Wildman–Crippen LogP) is 7.67. The molecule has 0 spiro atoms. The molecule has 1 fully saturated rings. The lowest BCUT2D eigenvalue weighted by Gasteiger charge is -2.14. The molecule has 0 atom stereocenters. The Hall–Kier alpha value is -3.35. The van der Waals surface area contributed by atoms with Crippen LogP contribution in [0.3, 0.4) is 0 Å². The molecule has 2 heterocycles. The van der Waals surface area contributed by atoms with Gasteiger partial charge < -0.3 is 9.30 Å². The van der Waals surface area contributed by atoms with Gasteiger partial charge in [-0.1, -0.05) is 59.9 Å². The molecule has 4 nitrogen and oxygen atoms in total. The number of amides is 1. The number of hydrogen-bond acceptors (Lipinski definition) is 4. The van der Waals surface area contributed by atoms with Crippen molar-refractivity contribution in [3.8, 4) is 5.75 Å². The fourth-order valence-electron chi connectivity index (χ4n) is 4.79. The average Bonchev–Trinajstić information content (AvgIpc) is 3.28. The number of carbonyl (C=O) groups is 1. The van der Waals surface area contributed by atoms with E-state index in [0.29, 0.717) is 22.4 Å². The van der Waals surface area contributed by atoms with Crippen molar-refractivity contribution in [2.75, 3.05) is 11.5 Å². The summed E-state index contributed by atoms with van der Waals surface area (Å²) in [6.07, 6.45) is 2.01. The van der Waals surface area contributed by atoms with E-state index >= 15 is 0 Å². The van der Waals surface area contributed by atoms with Crippen LogP contribution in [0.2, 0.25) is 0 Å². The number of thiocarbonyl (C=S) groups is 1. The van der Waals surface area contributed by atoms with Gasteiger partial charge in [0.25, 0.3) is 5.91 Å². The van der Waals surface area contributed by atoms with E-state index in [-0.39, 0.29) is 5.91 Å². The van der Waals surface area contributed by atoms with Gasteiger partial charge in [0.2, 0.25) is 0 Å². The number of aromatic nitrogens is 1. The number of nitrogens with zero attached hydrogens (tertiary/aromatic N) is 2. The summed E-state index contributed by atoms with van der Waals surface area (Å²) in [5, 5.41) is 1.13. The smallest absolute Gasteiger partial charge is 0.270 e. The Bertz CT molecular complexity index is 1580. The topological polar surface area (TPSA) is 34.5 Å². The average molecular weight is 527 g/mol. The predicted molar refractivity (Wildman–Crippen MR) is 160 cm³/mol. The van der Waals surface area contributed by atoms with Crippen molar-refractivity contribution in [3.05, 3.63) is 99.1 Å². The van der Waals surface area contributed by atoms with Crippen LogP contribution in [0.25, 0.3) is 17.0 Å². The van der Waals surface area contributed by atoms with Crippen molar-refractivity contribution < 1.29 is 9.53 Å². The van der Waals surface area contributed by atoms with E-state index in [1.54, 1.807) is 4.90 Å². The second kappa shape index (κ2) is 10.2. The normalized spacial score (nSPS) is 14.8. The van der Waals surface area contributed by atoms with E-state index < -0.39 is 0 Å². The number of hydrogen-bond donors (Lipinski definition) is 0. The zero-order chi connectivity index (χ0) is 26.3. The summed E-state index contributed by atoms with van der Waals surface area (Å²) in [7, 11) is 0. The van der Waals surface area contributed by atoms with Crippen LogP contribution < -0.4 is 9.64 Å². The van der Waals surface area contributed by atoms with Gasteiger partial charge in [-0.25, -0.2) is 0 Å². The summed E-state index contributed by atoms with van der Waals surface area (Å²) in [4.78, 5) is 15.7. The van der Waals surface area contributed by atoms with Crippen molar-refractivity contribution in [2.45, 2.75) is 41.2 Å². The second-order valence-corrected chi connectivity index (χ2v) is 11.3. The van der Waals surface area contributed by atoms with Crippen molar-refractivity contribution >= 4 is 56.9 Å². The monoisotopic (exact) mass is 526 g/mol. The van der Waals surface area contributed by atoms with Crippen LogP contribution in [-0.4, -0.2) is 21.4 Å². The number of aryl methyl sites for hydroxylation is 4. The molecule has 4 aromatic rings. The summed E-state index contributed by atoms with van der Waals surface area (Å²) in [5.74, 6) is 0.844. The SMILES string of the molecule is Cc1cccc(N2C(=O)C(=Cc3c(C)n(CCOc4cc(C)ccc4C)c4ccc(C)cc34)SC2=S)c1. The molecule has 0 saturated carbocycles. The van der Waals surface area contributed by atoms with E-state index in [0.717, 1.165) is 44.7 Å². The van der Waals surface area contributed by atoms with Gasteiger partial charge in [-0.05, 0) is 87.7 Å². The fraction of sp³-hybridized carbons (Fsp3) is 0.226. The largest absolute Gasteiger partial charge is 0.491 e. The summed E-state index contributed by atoms with van der Waals surface area (Å²) in [5.41, 5.74) is 8.68. The van der Waals surface area contributed by atoms with Gasteiger partial charge in [0, 0.05) is 22.2 Å². The number of rotatable bonds is 6. The maximum atomic E-state index is 13.5. The molecule has 1 amide bonds. The summed E-state index contributed by atoms with van der Waals surface area (Å²) < 4.78 is 9.02. The molecule has 1 aromatic heterocycles. The van der Waals surface area contributed by atoms with Gasteiger partial charge in [-0.2, -0.15) is 0 Å². The summed E-state index contributed by atoms with van der Waals surface area (Å²) in [6.45, 7) is 11.6.